The van der Waals surface area contributed by atoms with Gasteiger partial charge in [-0.05, 0) is 79.5 Å². The van der Waals surface area contributed by atoms with Crippen molar-refractivity contribution in [1.29, 1.82) is 0 Å². The largest absolute Gasteiger partial charge is 0.325 e. The summed E-state index contributed by atoms with van der Waals surface area (Å²) in [7, 11) is 2.02. The lowest BCUT2D eigenvalue weighted by Gasteiger charge is -2.43. The van der Waals surface area contributed by atoms with Crippen molar-refractivity contribution in [3.8, 4) is 16.8 Å². The molecular weight excluding hydrogens is 520 g/mol. The standard InChI is InChI=1S/C36H40N4O2/c1-37-32-19-23-40(34(26-32)29-12-6-3-7-13-29)36(42)38-20-16-27(17-21-38)24-31-14-8-9-15-33(31)39-22-18-30(25-35(39)41)28-10-4-2-5-11-28/h2-15,18,22,25,27,32,34,37H,16-17,19-21,23-24,26H2,1H3/t32-,34+/m1/s1. The average molecular weight is 561 g/mol. The van der Waals surface area contributed by atoms with Crippen molar-refractivity contribution in [3.63, 3.8) is 0 Å². The monoisotopic (exact) mass is 560 g/mol. The summed E-state index contributed by atoms with van der Waals surface area (Å²) in [6.45, 7) is 2.31. The molecule has 3 heterocycles. The van der Waals surface area contributed by atoms with Crippen molar-refractivity contribution in [2.45, 2.75) is 44.2 Å². The number of nitrogens with one attached hydrogen (secondary N) is 1. The van der Waals surface area contributed by atoms with Gasteiger partial charge < -0.3 is 15.1 Å². The normalized spacial score (nSPS) is 19.5. The van der Waals surface area contributed by atoms with Gasteiger partial charge in [0.25, 0.3) is 5.56 Å². The molecule has 2 atom stereocenters. The smallest absolute Gasteiger partial charge is 0.320 e. The molecule has 0 unspecified atom stereocenters. The van der Waals surface area contributed by atoms with Gasteiger partial charge in [0.05, 0.1) is 11.7 Å². The highest BCUT2D eigenvalue weighted by Gasteiger charge is 2.35. The minimum atomic E-state index is -0.0285. The molecule has 6 nitrogen and oxygen atoms in total. The van der Waals surface area contributed by atoms with E-state index in [-0.39, 0.29) is 17.6 Å². The average Bonchev–Trinajstić information content (AvgIpc) is 3.05. The molecule has 6 rings (SSSR count). The first-order valence-corrected chi connectivity index (χ1v) is 15.2. The second kappa shape index (κ2) is 12.8. The number of aromatic nitrogens is 1. The summed E-state index contributed by atoms with van der Waals surface area (Å²) in [5, 5.41) is 3.43. The summed E-state index contributed by atoms with van der Waals surface area (Å²) in [6, 6.07) is 33.1. The minimum Gasteiger partial charge on any atom is -0.325 e. The van der Waals surface area contributed by atoms with Crippen molar-refractivity contribution >= 4 is 6.03 Å². The third-order valence-corrected chi connectivity index (χ3v) is 9.11. The lowest BCUT2D eigenvalue weighted by molar-refractivity contribution is 0.0936. The summed E-state index contributed by atoms with van der Waals surface area (Å²) in [6.07, 6.45) is 6.63. The van der Waals surface area contributed by atoms with Crippen molar-refractivity contribution in [2.75, 3.05) is 26.7 Å². The number of para-hydroxylation sites is 1. The van der Waals surface area contributed by atoms with E-state index < -0.39 is 0 Å². The topological polar surface area (TPSA) is 57.6 Å². The molecule has 1 aromatic heterocycles. The van der Waals surface area contributed by atoms with Crippen LogP contribution in [0, 0.1) is 5.92 Å². The molecule has 0 bridgehead atoms. The predicted molar refractivity (Wildman–Crippen MR) is 169 cm³/mol. The third kappa shape index (κ3) is 6.04. The van der Waals surface area contributed by atoms with Crippen molar-refractivity contribution in [3.05, 3.63) is 125 Å². The Morgan fingerprint density at radius 3 is 2.21 bits per heavy atom. The second-order valence-corrected chi connectivity index (χ2v) is 11.7. The molecular formula is C36H40N4O2. The van der Waals surface area contributed by atoms with Crippen LogP contribution < -0.4 is 10.9 Å². The number of hydrogen-bond donors (Lipinski definition) is 1. The number of urea groups is 1. The SMILES string of the molecule is CN[C@@H]1CCN(C(=O)N2CCC(Cc3ccccc3-n3ccc(-c4ccccc4)cc3=O)CC2)[C@H](c2ccccc2)C1. The van der Waals surface area contributed by atoms with E-state index in [4.69, 9.17) is 0 Å². The fourth-order valence-electron chi connectivity index (χ4n) is 6.68. The van der Waals surface area contributed by atoms with Crippen LogP contribution in [0.15, 0.2) is 108 Å². The Balaban J connectivity index is 1.12. The first-order chi connectivity index (χ1) is 20.6. The van der Waals surface area contributed by atoms with Crippen molar-refractivity contribution in [2.24, 2.45) is 5.92 Å². The van der Waals surface area contributed by atoms with Crippen LogP contribution in [0.1, 0.15) is 42.9 Å². The Hall–Kier alpha value is -4.16. The number of benzene rings is 3. The van der Waals surface area contributed by atoms with Crippen LogP contribution in [0.25, 0.3) is 16.8 Å². The molecule has 0 spiro atoms. The molecule has 42 heavy (non-hydrogen) atoms. The van der Waals surface area contributed by atoms with Gasteiger partial charge in [-0.3, -0.25) is 9.36 Å². The Kier molecular flexibility index (Phi) is 8.52. The predicted octanol–water partition coefficient (Wildman–Crippen LogP) is 6.30. The zero-order chi connectivity index (χ0) is 28.9. The van der Waals surface area contributed by atoms with E-state index in [2.05, 4.69) is 51.5 Å². The Morgan fingerprint density at radius 1 is 0.810 bits per heavy atom. The number of hydrogen-bond acceptors (Lipinski definition) is 3. The highest BCUT2D eigenvalue weighted by molar-refractivity contribution is 5.75. The first-order valence-electron chi connectivity index (χ1n) is 15.2. The van der Waals surface area contributed by atoms with Crippen molar-refractivity contribution < 1.29 is 4.79 Å². The fraction of sp³-hybridized carbons (Fsp3) is 0.333. The van der Waals surface area contributed by atoms with E-state index in [1.54, 1.807) is 10.6 Å². The van der Waals surface area contributed by atoms with Gasteiger partial charge in [0.2, 0.25) is 0 Å². The molecule has 3 aromatic carbocycles. The van der Waals surface area contributed by atoms with Gasteiger partial charge in [0.15, 0.2) is 0 Å². The number of amides is 2. The zero-order valence-corrected chi connectivity index (χ0v) is 24.4. The summed E-state index contributed by atoms with van der Waals surface area (Å²) in [4.78, 5) is 31.2. The van der Waals surface area contributed by atoms with Crippen LogP contribution in [0.5, 0.6) is 0 Å². The lowest BCUT2D eigenvalue weighted by Crippen LogP contribution is -2.52. The molecule has 216 valence electrons. The molecule has 0 saturated carbocycles. The molecule has 0 aliphatic carbocycles. The molecule has 4 aromatic rings. The Morgan fingerprint density at radius 2 is 1.50 bits per heavy atom. The molecule has 0 radical (unpaired) electrons. The van der Waals surface area contributed by atoms with E-state index in [0.717, 1.165) is 68.6 Å². The van der Waals surface area contributed by atoms with Crippen LogP contribution in [0.4, 0.5) is 4.79 Å². The number of nitrogens with zero attached hydrogens (tertiary/aromatic N) is 3. The van der Waals surface area contributed by atoms with Crippen LogP contribution in [-0.2, 0) is 6.42 Å². The van der Waals surface area contributed by atoms with Crippen LogP contribution in [-0.4, -0.2) is 53.1 Å². The van der Waals surface area contributed by atoms with Gasteiger partial charge in [-0.15, -0.1) is 0 Å². The molecule has 2 fully saturated rings. The first kappa shape index (κ1) is 28.0. The van der Waals surface area contributed by atoms with Gasteiger partial charge in [-0.1, -0.05) is 78.9 Å². The number of carbonyl (C=O) groups excluding carboxylic acids is 1. The van der Waals surface area contributed by atoms with E-state index >= 15 is 0 Å². The Labute approximate surface area is 248 Å². The summed E-state index contributed by atoms with van der Waals surface area (Å²) < 4.78 is 1.76. The Bertz CT molecular complexity index is 1540. The quantitative estimate of drug-likeness (QED) is 0.301. The highest BCUT2D eigenvalue weighted by Crippen LogP contribution is 2.33. The van der Waals surface area contributed by atoms with Gasteiger partial charge in [0.1, 0.15) is 0 Å². The number of pyridine rings is 1. The molecule has 2 saturated heterocycles. The second-order valence-electron chi connectivity index (χ2n) is 11.7. The van der Waals surface area contributed by atoms with Crippen LogP contribution in [0.3, 0.4) is 0 Å². The molecule has 6 heteroatoms. The lowest BCUT2D eigenvalue weighted by atomic mass is 9.89. The summed E-state index contributed by atoms with van der Waals surface area (Å²) in [5.41, 5.74) is 5.27. The number of rotatable bonds is 6. The maximum atomic E-state index is 13.8. The van der Waals surface area contributed by atoms with Crippen LogP contribution >= 0.6 is 0 Å². The van der Waals surface area contributed by atoms with E-state index in [9.17, 15) is 9.59 Å². The van der Waals surface area contributed by atoms with Gasteiger partial charge in [-0.2, -0.15) is 0 Å². The number of piperidine rings is 2. The molecule has 2 amide bonds. The summed E-state index contributed by atoms with van der Waals surface area (Å²) in [5.74, 6) is 0.467. The van der Waals surface area contributed by atoms with E-state index in [0.29, 0.717) is 12.0 Å². The summed E-state index contributed by atoms with van der Waals surface area (Å²) >= 11 is 0. The molecule has 2 aliphatic rings. The van der Waals surface area contributed by atoms with E-state index in [1.807, 2.05) is 67.8 Å². The van der Waals surface area contributed by atoms with Gasteiger partial charge in [0, 0.05) is 37.9 Å². The molecule has 1 N–H and O–H groups in total. The van der Waals surface area contributed by atoms with Crippen LogP contribution in [0.2, 0.25) is 0 Å². The maximum absolute atomic E-state index is 13.8. The van der Waals surface area contributed by atoms with Crippen molar-refractivity contribution in [1.82, 2.24) is 19.7 Å². The minimum absolute atomic E-state index is 0.0285. The van der Waals surface area contributed by atoms with Gasteiger partial charge in [-0.25, -0.2) is 4.79 Å². The highest BCUT2D eigenvalue weighted by atomic mass is 16.2. The number of likely N-dealkylation sites (tertiary alicyclic amines) is 2. The maximum Gasteiger partial charge on any atom is 0.320 e. The zero-order valence-electron chi connectivity index (χ0n) is 24.4. The van der Waals surface area contributed by atoms with E-state index in [1.165, 1.54) is 11.1 Å². The third-order valence-electron chi connectivity index (χ3n) is 9.11. The fourth-order valence-corrected chi connectivity index (χ4v) is 6.68. The van der Waals surface area contributed by atoms with Gasteiger partial charge >= 0.3 is 6.03 Å². The molecule has 2 aliphatic heterocycles. The number of carbonyl (C=O) groups is 1.